The molecule has 0 bridgehead atoms. The van der Waals surface area contributed by atoms with Gasteiger partial charge in [-0.1, -0.05) is 63.9 Å². The molecule has 1 aliphatic carbocycles. The Morgan fingerprint density at radius 2 is 1.78 bits per heavy atom. The summed E-state index contributed by atoms with van der Waals surface area (Å²) >= 11 is 1.75. The number of benzene rings is 1. The molecule has 0 N–H and O–H groups in total. The Bertz CT molecular complexity index is 712. The molecule has 0 aliphatic heterocycles. The van der Waals surface area contributed by atoms with Crippen LogP contribution in [0.4, 0.5) is 0 Å². The maximum absolute atomic E-state index is 5.91. The first-order valence-corrected chi connectivity index (χ1v) is 11.3. The second kappa shape index (κ2) is 9.13. The summed E-state index contributed by atoms with van der Waals surface area (Å²) in [6, 6.07) is 8.46. The van der Waals surface area contributed by atoms with Crippen molar-refractivity contribution in [3.8, 4) is 5.75 Å². The molecular weight excluding hydrogens is 354 g/mol. The van der Waals surface area contributed by atoms with Crippen LogP contribution in [0.3, 0.4) is 0 Å². The van der Waals surface area contributed by atoms with Crippen molar-refractivity contribution >= 4 is 11.8 Å². The van der Waals surface area contributed by atoms with E-state index in [2.05, 4.69) is 66.7 Å². The number of aromatic nitrogens is 3. The van der Waals surface area contributed by atoms with Crippen molar-refractivity contribution < 1.29 is 4.74 Å². The molecule has 0 atom stereocenters. The van der Waals surface area contributed by atoms with Gasteiger partial charge in [0.25, 0.3) is 0 Å². The van der Waals surface area contributed by atoms with E-state index in [-0.39, 0.29) is 5.41 Å². The molecule has 0 saturated heterocycles. The lowest BCUT2D eigenvalue weighted by atomic mass is 9.87. The number of thioether (sulfide) groups is 1. The maximum Gasteiger partial charge on any atom is 0.191 e. The van der Waals surface area contributed by atoms with Crippen LogP contribution in [-0.2, 0) is 12.0 Å². The Morgan fingerprint density at radius 1 is 1.07 bits per heavy atom. The molecule has 3 rings (SSSR count). The SMILES string of the molecule is CCn1c(SCCOc2ccc(C(C)(C)C)cc2)nnc1C1CCCCC1. The van der Waals surface area contributed by atoms with Crippen molar-refractivity contribution in [2.45, 2.75) is 82.8 Å². The van der Waals surface area contributed by atoms with Gasteiger partial charge in [0.15, 0.2) is 5.16 Å². The molecule has 1 saturated carbocycles. The van der Waals surface area contributed by atoms with Gasteiger partial charge in [0.05, 0.1) is 6.61 Å². The van der Waals surface area contributed by atoms with Gasteiger partial charge in [-0.2, -0.15) is 0 Å². The summed E-state index contributed by atoms with van der Waals surface area (Å²) in [5.74, 6) is 3.60. The molecule has 148 valence electrons. The number of hydrogen-bond donors (Lipinski definition) is 0. The summed E-state index contributed by atoms with van der Waals surface area (Å²) < 4.78 is 8.22. The highest BCUT2D eigenvalue weighted by Crippen LogP contribution is 2.33. The first-order chi connectivity index (χ1) is 13.0. The standard InChI is InChI=1S/C22H33N3OS/c1-5-25-20(17-9-7-6-8-10-17)23-24-21(25)27-16-15-26-19-13-11-18(12-14-19)22(2,3)4/h11-14,17H,5-10,15-16H2,1-4H3. The third-order valence-electron chi connectivity index (χ3n) is 5.34. The van der Waals surface area contributed by atoms with Crippen molar-refractivity contribution in [3.05, 3.63) is 35.7 Å². The van der Waals surface area contributed by atoms with Gasteiger partial charge < -0.3 is 9.30 Å². The van der Waals surface area contributed by atoms with Gasteiger partial charge in [-0.3, -0.25) is 0 Å². The lowest BCUT2D eigenvalue weighted by Gasteiger charge is -2.21. The summed E-state index contributed by atoms with van der Waals surface area (Å²) in [4.78, 5) is 0. The minimum Gasteiger partial charge on any atom is -0.493 e. The Labute approximate surface area is 168 Å². The van der Waals surface area contributed by atoms with Crippen molar-refractivity contribution in [1.29, 1.82) is 0 Å². The zero-order valence-corrected chi connectivity index (χ0v) is 18.0. The van der Waals surface area contributed by atoms with E-state index >= 15 is 0 Å². The molecule has 1 aromatic carbocycles. The second-order valence-corrected chi connectivity index (χ2v) is 9.45. The van der Waals surface area contributed by atoms with Crippen molar-refractivity contribution in [2.75, 3.05) is 12.4 Å². The fourth-order valence-electron chi connectivity index (χ4n) is 3.71. The number of rotatable bonds is 7. The third-order valence-corrected chi connectivity index (χ3v) is 6.27. The van der Waals surface area contributed by atoms with Crippen LogP contribution in [0.1, 0.15) is 77.1 Å². The highest BCUT2D eigenvalue weighted by Gasteiger charge is 2.22. The van der Waals surface area contributed by atoms with E-state index < -0.39 is 0 Å². The van der Waals surface area contributed by atoms with E-state index in [0.717, 1.165) is 23.2 Å². The summed E-state index contributed by atoms with van der Waals surface area (Å²) in [6.45, 7) is 10.5. The predicted octanol–water partition coefficient (Wildman–Crippen LogP) is 5.81. The maximum atomic E-state index is 5.91. The topological polar surface area (TPSA) is 39.9 Å². The average Bonchev–Trinajstić information content (AvgIpc) is 3.08. The van der Waals surface area contributed by atoms with Crippen LogP contribution in [0.5, 0.6) is 5.75 Å². The van der Waals surface area contributed by atoms with Gasteiger partial charge in [0, 0.05) is 18.2 Å². The molecule has 1 aliphatic rings. The van der Waals surface area contributed by atoms with Crippen molar-refractivity contribution in [2.24, 2.45) is 0 Å². The smallest absolute Gasteiger partial charge is 0.191 e. The number of nitrogens with zero attached hydrogens (tertiary/aromatic N) is 3. The summed E-state index contributed by atoms with van der Waals surface area (Å²) in [5.41, 5.74) is 1.50. The molecule has 4 nitrogen and oxygen atoms in total. The normalized spacial score (nSPS) is 15.9. The van der Waals surface area contributed by atoms with Crippen molar-refractivity contribution in [3.63, 3.8) is 0 Å². The van der Waals surface area contributed by atoms with E-state index in [1.807, 2.05) is 0 Å². The molecule has 0 unspecified atom stereocenters. The molecule has 2 aromatic rings. The molecule has 0 radical (unpaired) electrons. The Morgan fingerprint density at radius 3 is 2.41 bits per heavy atom. The van der Waals surface area contributed by atoms with Crippen LogP contribution >= 0.6 is 11.8 Å². The largest absolute Gasteiger partial charge is 0.493 e. The molecule has 0 amide bonds. The number of ether oxygens (including phenoxy) is 1. The Hall–Kier alpha value is -1.49. The molecule has 1 heterocycles. The van der Waals surface area contributed by atoms with Gasteiger partial charge in [0.1, 0.15) is 11.6 Å². The van der Waals surface area contributed by atoms with Gasteiger partial charge in [-0.05, 0) is 42.9 Å². The molecule has 27 heavy (non-hydrogen) atoms. The Balaban J connectivity index is 1.51. The minimum absolute atomic E-state index is 0.175. The summed E-state index contributed by atoms with van der Waals surface area (Å²) in [7, 11) is 0. The van der Waals surface area contributed by atoms with Crippen molar-refractivity contribution in [1.82, 2.24) is 14.8 Å². The molecular formula is C22H33N3OS. The predicted molar refractivity (Wildman–Crippen MR) is 113 cm³/mol. The van der Waals surface area contributed by atoms with E-state index in [9.17, 15) is 0 Å². The van der Waals surface area contributed by atoms with Crippen LogP contribution in [0.15, 0.2) is 29.4 Å². The molecule has 1 fully saturated rings. The first-order valence-electron chi connectivity index (χ1n) is 10.3. The van der Waals surface area contributed by atoms with E-state index in [4.69, 9.17) is 4.74 Å². The van der Waals surface area contributed by atoms with Crippen LogP contribution < -0.4 is 4.74 Å². The fraction of sp³-hybridized carbons (Fsp3) is 0.636. The monoisotopic (exact) mass is 387 g/mol. The van der Waals surface area contributed by atoms with E-state index in [1.54, 1.807) is 11.8 Å². The summed E-state index contributed by atoms with van der Waals surface area (Å²) in [5, 5.41) is 10.0. The van der Waals surface area contributed by atoms with Crippen LogP contribution in [0, 0.1) is 0 Å². The Kier molecular flexibility index (Phi) is 6.85. The van der Waals surface area contributed by atoms with Gasteiger partial charge in [-0.25, -0.2) is 0 Å². The minimum atomic E-state index is 0.175. The number of hydrogen-bond acceptors (Lipinski definition) is 4. The quantitative estimate of drug-likeness (QED) is 0.444. The van der Waals surface area contributed by atoms with Crippen LogP contribution in [0.25, 0.3) is 0 Å². The lowest BCUT2D eigenvalue weighted by molar-refractivity contribution is 0.343. The molecule has 1 aromatic heterocycles. The van der Waals surface area contributed by atoms with Gasteiger partial charge in [-0.15, -0.1) is 10.2 Å². The summed E-state index contributed by atoms with van der Waals surface area (Å²) in [6.07, 6.45) is 6.54. The lowest BCUT2D eigenvalue weighted by Crippen LogP contribution is -2.12. The average molecular weight is 388 g/mol. The van der Waals surface area contributed by atoms with E-state index in [1.165, 1.54) is 43.5 Å². The zero-order valence-electron chi connectivity index (χ0n) is 17.2. The van der Waals surface area contributed by atoms with Crippen LogP contribution in [0.2, 0.25) is 0 Å². The second-order valence-electron chi connectivity index (χ2n) is 8.39. The van der Waals surface area contributed by atoms with E-state index in [0.29, 0.717) is 12.5 Å². The van der Waals surface area contributed by atoms with Gasteiger partial charge >= 0.3 is 0 Å². The molecule has 5 heteroatoms. The fourth-order valence-corrected chi connectivity index (χ4v) is 4.54. The molecule has 0 spiro atoms. The van der Waals surface area contributed by atoms with Gasteiger partial charge in [0.2, 0.25) is 0 Å². The first kappa shape index (κ1) is 20.2. The highest BCUT2D eigenvalue weighted by molar-refractivity contribution is 7.99. The zero-order chi connectivity index (χ0) is 19.3. The third kappa shape index (κ3) is 5.28. The van der Waals surface area contributed by atoms with Crippen LogP contribution in [-0.4, -0.2) is 27.1 Å². The highest BCUT2D eigenvalue weighted by atomic mass is 32.2.